The highest BCUT2D eigenvalue weighted by Crippen LogP contribution is 2.26. The summed E-state index contributed by atoms with van der Waals surface area (Å²) < 4.78 is 5.83. The molecule has 11 heavy (non-hydrogen) atoms. The summed E-state index contributed by atoms with van der Waals surface area (Å²) in [6.07, 6.45) is 8.00. The van der Waals surface area contributed by atoms with Gasteiger partial charge in [-0.05, 0) is 25.7 Å². The number of hydrogen-bond donors (Lipinski definition) is 0. The zero-order chi connectivity index (χ0) is 8.16. The number of rotatable bonds is 3. The van der Waals surface area contributed by atoms with Gasteiger partial charge in [-0.25, -0.2) is 0 Å². The molecule has 1 aliphatic heterocycles. The molecule has 1 heterocycles. The van der Waals surface area contributed by atoms with E-state index in [4.69, 9.17) is 4.74 Å². The van der Waals surface area contributed by atoms with Crippen LogP contribution in [0.25, 0.3) is 0 Å². The first-order valence-corrected chi connectivity index (χ1v) is 5.91. The van der Waals surface area contributed by atoms with Gasteiger partial charge in [-0.2, -0.15) is 0 Å². The van der Waals surface area contributed by atoms with Crippen molar-refractivity contribution in [3.05, 3.63) is 0 Å². The van der Waals surface area contributed by atoms with Crippen molar-refractivity contribution in [1.29, 1.82) is 0 Å². The Hall–Kier alpha value is 0.177. The summed E-state index contributed by atoms with van der Waals surface area (Å²) in [6, 6.07) is 0. The lowest BCUT2D eigenvalue weighted by molar-refractivity contribution is -0.0237. The zero-order valence-electron chi connectivity index (χ0n) is 8.86. The largest absolute Gasteiger partial charge is 1.00 e. The van der Waals surface area contributed by atoms with E-state index in [1.165, 1.54) is 48.8 Å². The second-order valence-electron chi connectivity index (χ2n) is 3.86. The van der Waals surface area contributed by atoms with Gasteiger partial charge in [0, 0.05) is 22.1 Å². The molecule has 0 bridgehead atoms. The van der Waals surface area contributed by atoms with Crippen molar-refractivity contribution in [2.45, 2.75) is 50.7 Å². The third-order valence-electron chi connectivity index (χ3n) is 2.61. The number of unbranched alkanes of at least 4 members (excludes halogenated alkanes) is 1. The predicted molar refractivity (Wildman–Crippen MR) is 53.1 cm³/mol. The summed E-state index contributed by atoms with van der Waals surface area (Å²) in [5, 5.41) is 0.369. The Labute approximate surface area is 74.4 Å². The molecule has 0 radical (unpaired) electrons. The van der Waals surface area contributed by atoms with Crippen LogP contribution in [0, 0.1) is 0 Å². The van der Waals surface area contributed by atoms with Crippen molar-refractivity contribution < 1.29 is 6.16 Å². The molecule has 0 amide bonds. The first-order valence-electron chi connectivity index (χ1n) is 4.91. The van der Waals surface area contributed by atoms with Crippen molar-refractivity contribution in [3.8, 4) is 0 Å². The molecule has 2 heteroatoms. The SMILES string of the molecule is CCCCC1([SiH3])CCCCO1.[H+]. The lowest BCUT2D eigenvalue weighted by Gasteiger charge is -2.34. The maximum atomic E-state index is 5.83. The molecule has 0 spiro atoms. The second-order valence-corrected chi connectivity index (χ2v) is 5.68. The van der Waals surface area contributed by atoms with Gasteiger partial charge >= 0.3 is 1.43 Å². The van der Waals surface area contributed by atoms with Crippen LogP contribution >= 0.6 is 0 Å². The smallest absolute Gasteiger partial charge is 0.380 e. The molecule has 1 nitrogen and oxygen atoms in total. The third kappa shape index (κ3) is 2.95. The predicted octanol–water partition coefficient (Wildman–Crippen LogP) is 1.55. The van der Waals surface area contributed by atoms with Crippen LogP contribution in [0.4, 0.5) is 0 Å². The fourth-order valence-electron chi connectivity index (χ4n) is 1.74. The summed E-state index contributed by atoms with van der Waals surface area (Å²) in [5.41, 5.74) is 0. The average molecular weight is 173 g/mol. The molecule has 1 saturated heterocycles. The maximum Gasteiger partial charge on any atom is 1.00 e. The van der Waals surface area contributed by atoms with E-state index in [1.807, 2.05) is 0 Å². The van der Waals surface area contributed by atoms with E-state index in [1.54, 1.807) is 0 Å². The second kappa shape index (κ2) is 4.26. The molecule has 0 aliphatic carbocycles. The molecule has 0 N–H and O–H groups in total. The maximum absolute atomic E-state index is 5.83. The van der Waals surface area contributed by atoms with Crippen molar-refractivity contribution in [3.63, 3.8) is 0 Å². The van der Waals surface area contributed by atoms with Crippen LogP contribution in [-0.2, 0) is 4.74 Å². The molecule has 1 rings (SSSR count). The monoisotopic (exact) mass is 173 g/mol. The van der Waals surface area contributed by atoms with Crippen molar-refractivity contribution in [2.75, 3.05) is 6.61 Å². The molecule has 0 saturated carbocycles. The van der Waals surface area contributed by atoms with E-state index in [9.17, 15) is 0 Å². The van der Waals surface area contributed by atoms with E-state index < -0.39 is 0 Å². The lowest BCUT2D eigenvalue weighted by atomic mass is 10.0. The standard InChI is InChI=1S/C9H20OSi/c1-2-3-6-9(11)7-4-5-8-10-9/h2-8H2,1,11H3/p+1. The molecular formula is C9H21OSi+. The van der Waals surface area contributed by atoms with E-state index in [0.29, 0.717) is 5.22 Å². The Morgan fingerprint density at radius 3 is 2.91 bits per heavy atom. The molecule has 1 fully saturated rings. The highest BCUT2D eigenvalue weighted by atomic mass is 28.1. The summed E-state index contributed by atoms with van der Waals surface area (Å²) in [7, 11) is 1.22. The molecule has 1 unspecified atom stereocenters. The molecule has 0 aromatic heterocycles. The van der Waals surface area contributed by atoms with E-state index in [0.717, 1.165) is 6.61 Å². The van der Waals surface area contributed by atoms with Crippen molar-refractivity contribution in [2.24, 2.45) is 0 Å². The Morgan fingerprint density at radius 2 is 2.36 bits per heavy atom. The first kappa shape index (κ1) is 9.27. The van der Waals surface area contributed by atoms with Crippen LogP contribution in [0.5, 0.6) is 0 Å². The van der Waals surface area contributed by atoms with E-state index in [2.05, 4.69) is 6.92 Å². The Morgan fingerprint density at radius 1 is 1.55 bits per heavy atom. The van der Waals surface area contributed by atoms with Crippen LogP contribution in [-0.4, -0.2) is 22.1 Å². The molecular weight excluding hydrogens is 152 g/mol. The van der Waals surface area contributed by atoms with Crippen molar-refractivity contribution >= 4 is 10.2 Å². The number of hydrogen-bond acceptors (Lipinski definition) is 1. The number of ether oxygens (including phenoxy) is 1. The highest BCUT2D eigenvalue weighted by molar-refractivity contribution is 6.14. The minimum absolute atomic E-state index is 0. The Balaban J connectivity index is 0.00000121. The van der Waals surface area contributed by atoms with Gasteiger partial charge in [-0.15, -0.1) is 0 Å². The molecule has 1 aliphatic rings. The van der Waals surface area contributed by atoms with Gasteiger partial charge in [0.05, 0.1) is 0 Å². The molecule has 66 valence electrons. The van der Waals surface area contributed by atoms with Gasteiger partial charge in [0.1, 0.15) is 0 Å². The van der Waals surface area contributed by atoms with Gasteiger partial charge in [-0.1, -0.05) is 19.8 Å². The topological polar surface area (TPSA) is 9.23 Å². The summed E-state index contributed by atoms with van der Waals surface area (Å²) >= 11 is 0. The summed E-state index contributed by atoms with van der Waals surface area (Å²) in [5.74, 6) is 0. The third-order valence-corrected chi connectivity index (χ3v) is 3.90. The van der Waals surface area contributed by atoms with Crippen LogP contribution in [0.1, 0.15) is 46.9 Å². The van der Waals surface area contributed by atoms with Gasteiger partial charge < -0.3 is 4.74 Å². The van der Waals surface area contributed by atoms with Gasteiger partial charge in [0.25, 0.3) is 0 Å². The van der Waals surface area contributed by atoms with E-state index in [-0.39, 0.29) is 1.43 Å². The summed E-state index contributed by atoms with van der Waals surface area (Å²) in [6.45, 7) is 3.28. The quantitative estimate of drug-likeness (QED) is 0.588. The normalized spacial score (nSPS) is 32.5. The minimum atomic E-state index is 0. The minimum Gasteiger partial charge on any atom is -0.380 e. The fraction of sp³-hybridized carbons (Fsp3) is 1.00. The van der Waals surface area contributed by atoms with Gasteiger partial charge in [0.2, 0.25) is 0 Å². The first-order chi connectivity index (χ1) is 5.27. The Bertz CT molecular complexity index is 113. The van der Waals surface area contributed by atoms with Crippen LogP contribution in [0.2, 0.25) is 0 Å². The van der Waals surface area contributed by atoms with Crippen LogP contribution in [0.15, 0.2) is 0 Å². The van der Waals surface area contributed by atoms with Crippen LogP contribution in [0.3, 0.4) is 0 Å². The molecule has 0 aromatic rings. The van der Waals surface area contributed by atoms with E-state index >= 15 is 0 Å². The van der Waals surface area contributed by atoms with Crippen molar-refractivity contribution in [1.82, 2.24) is 0 Å². The lowest BCUT2D eigenvalue weighted by Crippen LogP contribution is -2.36. The molecule has 1 atom stereocenters. The van der Waals surface area contributed by atoms with Crippen LogP contribution < -0.4 is 0 Å². The zero-order valence-corrected chi connectivity index (χ0v) is 9.86. The van der Waals surface area contributed by atoms with Gasteiger partial charge in [-0.3, -0.25) is 0 Å². The average Bonchev–Trinajstić information content (AvgIpc) is 2.03. The summed E-state index contributed by atoms with van der Waals surface area (Å²) in [4.78, 5) is 0. The highest BCUT2D eigenvalue weighted by Gasteiger charge is 2.26. The fourth-order valence-corrected chi connectivity index (χ4v) is 2.65. The van der Waals surface area contributed by atoms with Gasteiger partial charge in [0.15, 0.2) is 0 Å². The molecule has 0 aromatic carbocycles. The Kier molecular flexibility index (Phi) is 3.59.